The zero-order valence-electron chi connectivity index (χ0n) is 11.2. The van der Waals surface area contributed by atoms with Gasteiger partial charge < -0.3 is 4.90 Å². The topological polar surface area (TPSA) is 3.24 Å². The molecular formula is C14H27N. The first-order valence-electron chi connectivity index (χ1n) is 6.40. The Labute approximate surface area is 95.5 Å². The second kappa shape index (κ2) is 5.05. The fourth-order valence-corrected chi connectivity index (χ4v) is 2.51. The number of hydrogen-bond acceptors (Lipinski definition) is 1. The molecule has 0 aromatic rings. The molecule has 1 atom stereocenters. The maximum absolute atomic E-state index is 2.49. The van der Waals surface area contributed by atoms with Gasteiger partial charge in [0.15, 0.2) is 0 Å². The molecule has 0 saturated heterocycles. The predicted octanol–water partition coefficient (Wildman–Crippen LogP) is 3.91. The lowest BCUT2D eigenvalue weighted by Gasteiger charge is -2.38. The van der Waals surface area contributed by atoms with Crippen LogP contribution in [0.1, 0.15) is 48.0 Å². The van der Waals surface area contributed by atoms with E-state index in [0.717, 1.165) is 11.8 Å². The van der Waals surface area contributed by atoms with Gasteiger partial charge in [0.25, 0.3) is 0 Å². The molecule has 88 valence electrons. The van der Waals surface area contributed by atoms with E-state index in [4.69, 9.17) is 0 Å². The van der Waals surface area contributed by atoms with E-state index in [1.807, 2.05) is 0 Å². The second-order valence-corrected chi connectivity index (χ2v) is 5.75. The van der Waals surface area contributed by atoms with Crippen LogP contribution in [0.2, 0.25) is 0 Å². The van der Waals surface area contributed by atoms with Gasteiger partial charge in [0.05, 0.1) is 0 Å². The molecule has 1 aliphatic rings. The molecule has 0 amide bonds. The third-order valence-electron chi connectivity index (χ3n) is 3.58. The average Bonchev–Trinajstić information content (AvgIpc) is 2.16. The lowest BCUT2D eigenvalue weighted by molar-refractivity contribution is 0.232. The third kappa shape index (κ3) is 2.99. The van der Waals surface area contributed by atoms with Gasteiger partial charge in [-0.3, -0.25) is 0 Å². The highest BCUT2D eigenvalue weighted by atomic mass is 15.1. The van der Waals surface area contributed by atoms with Crippen molar-refractivity contribution in [3.63, 3.8) is 0 Å². The summed E-state index contributed by atoms with van der Waals surface area (Å²) in [6, 6.07) is 0.645. The van der Waals surface area contributed by atoms with Gasteiger partial charge >= 0.3 is 0 Å². The van der Waals surface area contributed by atoms with Crippen molar-refractivity contribution in [1.29, 1.82) is 0 Å². The third-order valence-corrected chi connectivity index (χ3v) is 3.58. The summed E-state index contributed by atoms with van der Waals surface area (Å²) in [7, 11) is 0. The van der Waals surface area contributed by atoms with Crippen LogP contribution in [-0.2, 0) is 0 Å². The maximum Gasteiger partial charge on any atom is 0.0227 e. The zero-order valence-corrected chi connectivity index (χ0v) is 11.2. The van der Waals surface area contributed by atoms with Crippen molar-refractivity contribution in [3.05, 3.63) is 11.8 Å². The molecular weight excluding hydrogens is 182 g/mol. The summed E-state index contributed by atoms with van der Waals surface area (Å²) in [6.45, 7) is 15.2. The molecule has 0 bridgehead atoms. The minimum atomic E-state index is 0.645. The van der Waals surface area contributed by atoms with Gasteiger partial charge in [-0.15, -0.1) is 0 Å². The molecule has 1 heteroatoms. The van der Waals surface area contributed by atoms with Crippen LogP contribution in [0, 0.1) is 17.8 Å². The largest absolute Gasteiger partial charge is 0.375 e. The number of hydrogen-bond donors (Lipinski definition) is 0. The summed E-state index contributed by atoms with van der Waals surface area (Å²) in [5, 5.41) is 0. The number of rotatable bonds is 3. The Balaban J connectivity index is 2.86. The van der Waals surface area contributed by atoms with Crippen molar-refractivity contribution in [2.45, 2.75) is 54.0 Å². The summed E-state index contributed by atoms with van der Waals surface area (Å²) in [5.41, 5.74) is 1.66. The molecule has 1 nitrogen and oxygen atoms in total. The molecule has 1 heterocycles. The van der Waals surface area contributed by atoms with Gasteiger partial charge in [0.2, 0.25) is 0 Å². The van der Waals surface area contributed by atoms with Crippen LogP contribution >= 0.6 is 0 Å². The van der Waals surface area contributed by atoms with Gasteiger partial charge in [0.1, 0.15) is 0 Å². The van der Waals surface area contributed by atoms with Crippen LogP contribution in [0.4, 0.5) is 0 Å². The van der Waals surface area contributed by atoms with Crippen molar-refractivity contribution in [2.75, 3.05) is 6.54 Å². The molecule has 0 saturated carbocycles. The molecule has 0 aromatic carbocycles. The van der Waals surface area contributed by atoms with Crippen LogP contribution in [0.25, 0.3) is 0 Å². The first-order chi connectivity index (χ1) is 6.93. The Bertz CT molecular complexity index is 225. The lowest BCUT2D eigenvalue weighted by atomic mass is 9.79. The van der Waals surface area contributed by atoms with E-state index in [1.54, 1.807) is 5.57 Å². The molecule has 1 aliphatic heterocycles. The van der Waals surface area contributed by atoms with E-state index in [2.05, 4.69) is 52.6 Å². The summed E-state index contributed by atoms with van der Waals surface area (Å²) in [6.07, 6.45) is 3.77. The van der Waals surface area contributed by atoms with Crippen molar-refractivity contribution in [1.82, 2.24) is 4.90 Å². The van der Waals surface area contributed by atoms with E-state index in [-0.39, 0.29) is 0 Å². The highest BCUT2D eigenvalue weighted by molar-refractivity contribution is 5.13. The van der Waals surface area contributed by atoms with Gasteiger partial charge in [-0.05, 0) is 49.8 Å². The Morgan fingerprint density at radius 1 is 1.13 bits per heavy atom. The fourth-order valence-electron chi connectivity index (χ4n) is 2.51. The normalized spacial score (nSPS) is 22.9. The number of allylic oxidation sites excluding steroid dienone is 1. The van der Waals surface area contributed by atoms with Gasteiger partial charge in [0, 0.05) is 12.6 Å². The Morgan fingerprint density at radius 2 is 1.73 bits per heavy atom. The summed E-state index contributed by atoms with van der Waals surface area (Å²) < 4.78 is 0. The minimum absolute atomic E-state index is 0.645. The maximum atomic E-state index is 2.49. The van der Waals surface area contributed by atoms with Crippen LogP contribution in [0.3, 0.4) is 0 Å². The van der Waals surface area contributed by atoms with Crippen LogP contribution in [0.5, 0.6) is 0 Å². The Hall–Kier alpha value is -0.460. The van der Waals surface area contributed by atoms with E-state index in [1.165, 1.54) is 13.0 Å². The van der Waals surface area contributed by atoms with Crippen molar-refractivity contribution in [3.8, 4) is 0 Å². The first kappa shape index (κ1) is 12.6. The molecule has 1 unspecified atom stereocenters. The molecule has 1 rings (SSSR count). The molecule has 0 aromatic heterocycles. The second-order valence-electron chi connectivity index (χ2n) is 5.75. The standard InChI is InChI=1S/C14H27N/c1-10(2)13-7-8-15(12(5)6)9-14(13)11(3)4/h9-13H,7-8H2,1-6H3. The van der Waals surface area contributed by atoms with Gasteiger partial charge in [-0.2, -0.15) is 0 Å². The minimum Gasteiger partial charge on any atom is -0.375 e. The fraction of sp³-hybridized carbons (Fsp3) is 0.857. The predicted molar refractivity (Wildman–Crippen MR) is 67.7 cm³/mol. The van der Waals surface area contributed by atoms with Crippen molar-refractivity contribution < 1.29 is 0 Å². The van der Waals surface area contributed by atoms with Crippen molar-refractivity contribution in [2.24, 2.45) is 17.8 Å². The highest BCUT2D eigenvalue weighted by Crippen LogP contribution is 2.33. The number of nitrogens with zero attached hydrogens (tertiary/aromatic N) is 1. The molecule has 0 fully saturated rings. The van der Waals surface area contributed by atoms with E-state index in [0.29, 0.717) is 12.0 Å². The summed E-state index contributed by atoms with van der Waals surface area (Å²) >= 11 is 0. The van der Waals surface area contributed by atoms with E-state index in [9.17, 15) is 0 Å². The van der Waals surface area contributed by atoms with Gasteiger partial charge in [-0.1, -0.05) is 27.7 Å². The quantitative estimate of drug-likeness (QED) is 0.681. The molecule has 0 aliphatic carbocycles. The molecule has 0 radical (unpaired) electrons. The Kier molecular flexibility index (Phi) is 4.24. The van der Waals surface area contributed by atoms with Crippen molar-refractivity contribution >= 4 is 0 Å². The monoisotopic (exact) mass is 209 g/mol. The smallest absolute Gasteiger partial charge is 0.0227 e. The first-order valence-corrected chi connectivity index (χ1v) is 6.40. The van der Waals surface area contributed by atoms with Gasteiger partial charge in [-0.25, -0.2) is 0 Å². The van der Waals surface area contributed by atoms with Crippen LogP contribution in [-0.4, -0.2) is 17.5 Å². The Morgan fingerprint density at radius 3 is 2.13 bits per heavy atom. The van der Waals surface area contributed by atoms with Crippen LogP contribution < -0.4 is 0 Å². The molecule has 15 heavy (non-hydrogen) atoms. The SMILES string of the molecule is CC(C)C1=CN(C(C)C)CCC1C(C)C. The van der Waals surface area contributed by atoms with E-state index >= 15 is 0 Å². The summed E-state index contributed by atoms with van der Waals surface area (Å²) in [5.74, 6) is 2.28. The molecule has 0 spiro atoms. The average molecular weight is 209 g/mol. The highest BCUT2D eigenvalue weighted by Gasteiger charge is 2.26. The lowest BCUT2D eigenvalue weighted by Crippen LogP contribution is -2.35. The summed E-state index contributed by atoms with van der Waals surface area (Å²) in [4.78, 5) is 2.49. The molecule has 0 N–H and O–H groups in total. The van der Waals surface area contributed by atoms with Crippen LogP contribution in [0.15, 0.2) is 11.8 Å². The van der Waals surface area contributed by atoms with E-state index < -0.39 is 0 Å². The zero-order chi connectivity index (χ0) is 11.6.